The molecule has 1 atom stereocenters. The normalized spacial score (nSPS) is 13.2. The molecule has 4 rings (SSSR count). The van der Waals surface area contributed by atoms with E-state index >= 15 is 0 Å². The number of aromatic hydroxyl groups is 1. The second-order valence-corrected chi connectivity index (χ2v) is 9.56. The summed E-state index contributed by atoms with van der Waals surface area (Å²) < 4.78 is 0. The molecular formula is C31H31NO2. The summed E-state index contributed by atoms with van der Waals surface area (Å²) in [6.07, 6.45) is 0.735. The highest BCUT2D eigenvalue weighted by molar-refractivity contribution is 5.85. The van der Waals surface area contributed by atoms with E-state index in [2.05, 4.69) is 20.8 Å². The van der Waals surface area contributed by atoms with Gasteiger partial charge in [-0.1, -0.05) is 124 Å². The van der Waals surface area contributed by atoms with Gasteiger partial charge in [0.25, 0.3) is 0 Å². The zero-order valence-corrected chi connectivity index (χ0v) is 19.9. The van der Waals surface area contributed by atoms with E-state index in [1.807, 2.05) is 109 Å². The third kappa shape index (κ3) is 4.52. The van der Waals surface area contributed by atoms with Crippen molar-refractivity contribution in [2.45, 2.75) is 37.8 Å². The summed E-state index contributed by atoms with van der Waals surface area (Å²) >= 11 is 0. The minimum absolute atomic E-state index is 0.211. The summed E-state index contributed by atoms with van der Waals surface area (Å²) in [5.74, 6) is 0.211. The highest BCUT2D eigenvalue weighted by atomic mass is 16.3. The van der Waals surface area contributed by atoms with Crippen LogP contribution in [-0.2, 0) is 11.0 Å². The van der Waals surface area contributed by atoms with Crippen LogP contribution in [0.5, 0.6) is 5.75 Å². The van der Waals surface area contributed by atoms with Crippen molar-refractivity contribution in [2.24, 2.45) is 4.99 Å². The Morgan fingerprint density at radius 1 is 0.676 bits per heavy atom. The minimum atomic E-state index is -1.12. The molecule has 0 aromatic heterocycles. The van der Waals surface area contributed by atoms with Crippen LogP contribution in [0.15, 0.2) is 114 Å². The Balaban J connectivity index is 1.97. The Morgan fingerprint density at radius 3 is 1.68 bits per heavy atom. The van der Waals surface area contributed by atoms with E-state index in [1.54, 1.807) is 6.21 Å². The minimum Gasteiger partial charge on any atom is -0.507 e. The third-order valence-corrected chi connectivity index (χ3v) is 6.22. The molecule has 172 valence electrons. The monoisotopic (exact) mass is 449 g/mol. The highest BCUT2D eigenvalue weighted by Gasteiger charge is 2.42. The first-order chi connectivity index (χ1) is 16.3. The largest absolute Gasteiger partial charge is 0.507 e. The fraction of sp³-hybridized carbons (Fsp3) is 0.194. The summed E-state index contributed by atoms with van der Waals surface area (Å²) in [6, 6.07) is 35.0. The third-order valence-electron chi connectivity index (χ3n) is 6.22. The number of benzene rings is 4. The van der Waals surface area contributed by atoms with Crippen molar-refractivity contribution in [3.63, 3.8) is 0 Å². The summed E-state index contributed by atoms with van der Waals surface area (Å²) in [7, 11) is 0. The van der Waals surface area contributed by atoms with Gasteiger partial charge in [-0.3, -0.25) is 4.99 Å². The number of hydrogen-bond donors (Lipinski definition) is 2. The topological polar surface area (TPSA) is 52.8 Å². The summed E-state index contributed by atoms with van der Waals surface area (Å²) in [5, 5.41) is 23.0. The number of aliphatic hydroxyl groups is 1. The van der Waals surface area contributed by atoms with Crippen LogP contribution < -0.4 is 0 Å². The predicted molar refractivity (Wildman–Crippen MR) is 139 cm³/mol. The average Bonchev–Trinajstić information content (AvgIpc) is 2.86. The Bertz CT molecular complexity index is 1200. The molecule has 0 aliphatic rings. The number of para-hydroxylation sites is 1. The predicted octanol–water partition coefficient (Wildman–Crippen LogP) is 6.79. The molecule has 0 radical (unpaired) electrons. The lowest BCUT2D eigenvalue weighted by Gasteiger charge is -2.36. The molecule has 4 aromatic carbocycles. The average molecular weight is 450 g/mol. The second kappa shape index (κ2) is 9.66. The highest BCUT2D eigenvalue weighted by Crippen LogP contribution is 2.45. The van der Waals surface area contributed by atoms with Crippen molar-refractivity contribution in [3.8, 4) is 5.75 Å². The Labute approximate surface area is 202 Å². The van der Waals surface area contributed by atoms with Gasteiger partial charge in [0.05, 0.1) is 0 Å². The summed E-state index contributed by atoms with van der Waals surface area (Å²) in [6.45, 7) is 6.21. The maximum Gasteiger partial charge on any atom is 0.141 e. The maximum atomic E-state index is 11.9. The maximum absolute atomic E-state index is 11.9. The molecule has 3 nitrogen and oxygen atoms in total. The first-order valence-corrected chi connectivity index (χ1v) is 11.6. The van der Waals surface area contributed by atoms with Crippen molar-refractivity contribution in [1.29, 1.82) is 0 Å². The van der Waals surface area contributed by atoms with E-state index in [9.17, 15) is 10.2 Å². The molecule has 0 bridgehead atoms. The quantitative estimate of drug-likeness (QED) is 0.319. The molecule has 0 fully saturated rings. The molecule has 3 heteroatoms. The number of aliphatic hydroxyl groups excluding tert-OH is 1. The lowest BCUT2D eigenvalue weighted by atomic mass is 9.76. The second-order valence-electron chi connectivity index (χ2n) is 9.56. The Hall–Kier alpha value is -3.69. The van der Waals surface area contributed by atoms with E-state index in [1.165, 1.54) is 0 Å². The molecule has 0 saturated heterocycles. The molecule has 0 amide bonds. The van der Waals surface area contributed by atoms with Crippen LogP contribution >= 0.6 is 0 Å². The van der Waals surface area contributed by atoms with E-state index in [4.69, 9.17) is 4.99 Å². The van der Waals surface area contributed by atoms with Gasteiger partial charge in [0.2, 0.25) is 0 Å². The van der Waals surface area contributed by atoms with Crippen LogP contribution in [0.2, 0.25) is 0 Å². The van der Waals surface area contributed by atoms with Crippen LogP contribution in [0.1, 0.15) is 54.7 Å². The molecule has 0 aliphatic heterocycles. The molecule has 0 unspecified atom stereocenters. The zero-order chi connectivity index (χ0) is 24.2. The van der Waals surface area contributed by atoms with Gasteiger partial charge in [-0.2, -0.15) is 0 Å². The first-order valence-electron chi connectivity index (χ1n) is 11.6. The van der Waals surface area contributed by atoms with Crippen LogP contribution in [0.25, 0.3) is 0 Å². The molecule has 34 heavy (non-hydrogen) atoms. The fourth-order valence-electron chi connectivity index (χ4n) is 4.41. The molecular weight excluding hydrogens is 418 g/mol. The number of hydrogen-bond acceptors (Lipinski definition) is 3. The van der Waals surface area contributed by atoms with E-state index in [0.29, 0.717) is 5.56 Å². The summed E-state index contributed by atoms with van der Waals surface area (Å²) in [4.78, 5) is 5.09. The molecule has 0 saturated carbocycles. The van der Waals surface area contributed by atoms with E-state index in [-0.39, 0.29) is 11.2 Å². The van der Waals surface area contributed by atoms with Crippen molar-refractivity contribution in [1.82, 2.24) is 0 Å². The van der Waals surface area contributed by atoms with Gasteiger partial charge in [-0.05, 0) is 33.7 Å². The number of aliphatic imine (C=N–C) groups is 1. The van der Waals surface area contributed by atoms with Crippen molar-refractivity contribution in [2.75, 3.05) is 0 Å². The number of nitrogens with zero attached hydrogens (tertiary/aromatic N) is 1. The van der Waals surface area contributed by atoms with Gasteiger partial charge in [0.15, 0.2) is 0 Å². The van der Waals surface area contributed by atoms with Crippen molar-refractivity contribution in [3.05, 3.63) is 137 Å². The van der Waals surface area contributed by atoms with Gasteiger partial charge in [-0.15, -0.1) is 0 Å². The van der Waals surface area contributed by atoms with E-state index in [0.717, 1.165) is 22.3 Å². The summed E-state index contributed by atoms with van der Waals surface area (Å²) in [5.41, 5.74) is 2.62. The first kappa shape index (κ1) is 23.5. The smallest absolute Gasteiger partial charge is 0.141 e. The molecule has 0 aliphatic carbocycles. The molecule has 4 aromatic rings. The van der Waals surface area contributed by atoms with E-state index < -0.39 is 11.6 Å². The van der Waals surface area contributed by atoms with Crippen molar-refractivity contribution < 1.29 is 10.2 Å². The lowest BCUT2D eigenvalue weighted by Crippen LogP contribution is -2.33. The van der Waals surface area contributed by atoms with Gasteiger partial charge < -0.3 is 10.2 Å². The van der Waals surface area contributed by atoms with Gasteiger partial charge in [-0.25, -0.2) is 0 Å². The molecule has 0 heterocycles. The Morgan fingerprint density at radius 2 is 1.18 bits per heavy atom. The van der Waals surface area contributed by atoms with Crippen molar-refractivity contribution >= 4 is 6.21 Å². The molecule has 2 N–H and O–H groups in total. The number of phenols is 1. The number of rotatable bonds is 6. The molecule has 0 spiro atoms. The van der Waals surface area contributed by atoms with Crippen LogP contribution in [-0.4, -0.2) is 16.4 Å². The van der Waals surface area contributed by atoms with Gasteiger partial charge in [0.1, 0.15) is 17.4 Å². The van der Waals surface area contributed by atoms with Crippen LogP contribution in [0, 0.1) is 0 Å². The zero-order valence-electron chi connectivity index (χ0n) is 19.9. The lowest BCUT2D eigenvalue weighted by molar-refractivity contribution is 0.107. The van der Waals surface area contributed by atoms with Crippen LogP contribution in [0.4, 0.5) is 0 Å². The van der Waals surface area contributed by atoms with Gasteiger partial charge >= 0.3 is 0 Å². The fourth-order valence-corrected chi connectivity index (χ4v) is 4.41. The SMILES string of the molecule is CC(C)(C)c1cccc(C=NC(c2ccccc2)(c2ccccc2)[C@H](O)c2ccccc2)c1O. The number of phenolic OH excluding ortho intramolecular Hbond substituents is 1. The standard InChI is InChI=1S/C31H31NO2/c1-30(2,3)27-21-13-16-24(28(27)33)22-32-31(25-17-9-5-10-18-25,26-19-11-6-12-20-26)29(34)23-14-7-4-8-15-23/h4-22,29,33-34H,1-3H3/t29-/m1/s1. The van der Waals surface area contributed by atoms with Crippen LogP contribution in [0.3, 0.4) is 0 Å². The van der Waals surface area contributed by atoms with Gasteiger partial charge in [0, 0.05) is 11.8 Å². The Kier molecular flexibility index (Phi) is 6.67.